The molecule has 0 unspecified atom stereocenters. The van der Waals surface area contributed by atoms with Gasteiger partial charge in [0, 0.05) is 30.2 Å². The fraction of sp³-hybridized carbons (Fsp3) is 0.0500. The van der Waals surface area contributed by atoms with Gasteiger partial charge in [-0.05, 0) is 42.0 Å². The number of nitrogens with zero attached hydrogens (tertiary/aromatic N) is 1. The van der Waals surface area contributed by atoms with Gasteiger partial charge >= 0.3 is 0 Å². The van der Waals surface area contributed by atoms with E-state index in [2.05, 4.69) is 15.6 Å². The van der Waals surface area contributed by atoms with Crippen molar-refractivity contribution in [1.29, 1.82) is 0 Å². The molecule has 0 saturated carbocycles. The van der Waals surface area contributed by atoms with Crippen LogP contribution in [0.1, 0.15) is 26.3 Å². The van der Waals surface area contributed by atoms with Crippen molar-refractivity contribution >= 4 is 17.5 Å². The molecule has 2 N–H and O–H groups in total. The van der Waals surface area contributed by atoms with Crippen LogP contribution >= 0.6 is 0 Å². The number of hydrogen-bond acceptors (Lipinski definition) is 3. The Hall–Kier alpha value is -3.47. The lowest BCUT2D eigenvalue weighted by Gasteiger charge is -2.08. The maximum absolute atomic E-state index is 12.1. The zero-order chi connectivity index (χ0) is 17.5. The Morgan fingerprint density at radius 1 is 0.800 bits per heavy atom. The molecular weight excluding hydrogens is 314 g/mol. The first-order valence-corrected chi connectivity index (χ1v) is 7.86. The van der Waals surface area contributed by atoms with Gasteiger partial charge in [-0.1, -0.05) is 30.3 Å². The van der Waals surface area contributed by atoms with E-state index < -0.39 is 0 Å². The largest absolute Gasteiger partial charge is 0.348 e. The molecule has 0 radical (unpaired) electrons. The molecular formula is C20H17N3O2. The lowest BCUT2D eigenvalue weighted by molar-refractivity contribution is 0.0949. The van der Waals surface area contributed by atoms with Gasteiger partial charge in [-0.2, -0.15) is 0 Å². The summed E-state index contributed by atoms with van der Waals surface area (Å²) < 4.78 is 0. The quantitative estimate of drug-likeness (QED) is 0.754. The monoisotopic (exact) mass is 331 g/mol. The zero-order valence-electron chi connectivity index (χ0n) is 13.5. The Balaban J connectivity index is 1.55. The number of benzene rings is 2. The van der Waals surface area contributed by atoms with Crippen LogP contribution in [0.4, 0.5) is 5.69 Å². The highest BCUT2D eigenvalue weighted by Gasteiger charge is 2.06. The summed E-state index contributed by atoms with van der Waals surface area (Å²) >= 11 is 0. The maximum atomic E-state index is 12.1. The predicted molar refractivity (Wildman–Crippen MR) is 96.2 cm³/mol. The van der Waals surface area contributed by atoms with Crippen LogP contribution in [-0.4, -0.2) is 16.8 Å². The highest BCUT2D eigenvalue weighted by molar-refractivity contribution is 6.04. The Morgan fingerprint density at radius 2 is 1.52 bits per heavy atom. The molecule has 0 fully saturated rings. The third kappa shape index (κ3) is 4.51. The third-order valence-electron chi connectivity index (χ3n) is 3.62. The Labute approximate surface area is 145 Å². The summed E-state index contributed by atoms with van der Waals surface area (Å²) in [5.41, 5.74) is 2.77. The number of amides is 2. The number of carbonyl (C=O) groups excluding carboxylic acids is 2. The summed E-state index contributed by atoms with van der Waals surface area (Å²) in [6, 6.07) is 19.8. The van der Waals surface area contributed by atoms with Crippen molar-refractivity contribution in [3.63, 3.8) is 0 Å². The number of pyridine rings is 1. The van der Waals surface area contributed by atoms with E-state index >= 15 is 0 Å². The molecule has 25 heavy (non-hydrogen) atoms. The summed E-state index contributed by atoms with van der Waals surface area (Å²) in [5.74, 6) is -0.326. The number of nitrogens with one attached hydrogen (secondary N) is 2. The summed E-state index contributed by atoms with van der Waals surface area (Å²) in [6.45, 7) is 0.403. The van der Waals surface area contributed by atoms with E-state index in [1.165, 1.54) is 6.20 Å². The normalized spacial score (nSPS) is 10.1. The van der Waals surface area contributed by atoms with E-state index in [0.29, 0.717) is 23.4 Å². The van der Waals surface area contributed by atoms with E-state index in [0.717, 1.165) is 5.56 Å². The van der Waals surface area contributed by atoms with Crippen LogP contribution in [0.15, 0.2) is 79.1 Å². The zero-order valence-corrected chi connectivity index (χ0v) is 13.5. The van der Waals surface area contributed by atoms with Gasteiger partial charge in [0.1, 0.15) is 0 Å². The second kappa shape index (κ2) is 7.88. The average Bonchev–Trinajstić information content (AvgIpc) is 2.68. The topological polar surface area (TPSA) is 71.1 Å². The molecule has 5 nitrogen and oxygen atoms in total. The maximum Gasteiger partial charge on any atom is 0.255 e. The molecule has 0 aliphatic rings. The Morgan fingerprint density at radius 3 is 2.20 bits per heavy atom. The molecule has 2 amide bonds. The molecule has 0 saturated heterocycles. The number of carbonyl (C=O) groups is 2. The number of hydrogen-bond donors (Lipinski definition) is 2. The molecule has 1 heterocycles. The molecule has 1 aromatic heterocycles. The van der Waals surface area contributed by atoms with Crippen molar-refractivity contribution in [2.24, 2.45) is 0 Å². The van der Waals surface area contributed by atoms with Crippen molar-refractivity contribution in [2.45, 2.75) is 6.54 Å². The fourth-order valence-corrected chi connectivity index (χ4v) is 2.28. The molecule has 0 aliphatic carbocycles. The Bertz CT molecular complexity index is 847. The minimum Gasteiger partial charge on any atom is -0.348 e. The van der Waals surface area contributed by atoms with E-state index in [-0.39, 0.29) is 11.8 Å². The van der Waals surface area contributed by atoms with Crippen LogP contribution in [0, 0.1) is 0 Å². The van der Waals surface area contributed by atoms with E-state index in [1.807, 2.05) is 42.5 Å². The highest BCUT2D eigenvalue weighted by atomic mass is 16.2. The first kappa shape index (κ1) is 16.4. The SMILES string of the molecule is O=C(NCc1ccc(NC(=O)c2ccccc2)cc1)c1cccnc1. The van der Waals surface area contributed by atoms with Crippen LogP contribution in [0.3, 0.4) is 0 Å². The molecule has 0 bridgehead atoms. The van der Waals surface area contributed by atoms with Gasteiger partial charge in [0.25, 0.3) is 11.8 Å². The molecule has 0 aliphatic heterocycles. The van der Waals surface area contributed by atoms with Crippen LogP contribution in [0.25, 0.3) is 0 Å². The highest BCUT2D eigenvalue weighted by Crippen LogP contribution is 2.11. The van der Waals surface area contributed by atoms with Gasteiger partial charge in [-0.3, -0.25) is 14.6 Å². The summed E-state index contributed by atoms with van der Waals surface area (Å²) in [4.78, 5) is 28.0. The van der Waals surface area contributed by atoms with E-state index in [4.69, 9.17) is 0 Å². The first-order valence-electron chi connectivity index (χ1n) is 7.86. The van der Waals surface area contributed by atoms with Crippen molar-refractivity contribution in [3.05, 3.63) is 95.8 Å². The molecule has 5 heteroatoms. The van der Waals surface area contributed by atoms with Crippen molar-refractivity contribution in [1.82, 2.24) is 10.3 Å². The smallest absolute Gasteiger partial charge is 0.255 e. The van der Waals surface area contributed by atoms with Crippen LogP contribution in [0.2, 0.25) is 0 Å². The van der Waals surface area contributed by atoms with Crippen LogP contribution in [-0.2, 0) is 6.54 Å². The van der Waals surface area contributed by atoms with Gasteiger partial charge < -0.3 is 10.6 Å². The predicted octanol–water partition coefficient (Wildman–Crippen LogP) is 3.26. The minimum atomic E-state index is -0.172. The van der Waals surface area contributed by atoms with Crippen LogP contribution in [0.5, 0.6) is 0 Å². The Kier molecular flexibility index (Phi) is 5.16. The minimum absolute atomic E-state index is 0.154. The molecule has 124 valence electrons. The fourth-order valence-electron chi connectivity index (χ4n) is 2.28. The van der Waals surface area contributed by atoms with Crippen LogP contribution < -0.4 is 10.6 Å². The molecule has 0 spiro atoms. The standard InChI is InChI=1S/C20H17N3O2/c24-19(17-7-4-12-21-14-17)22-13-15-8-10-18(11-9-15)23-20(25)16-5-2-1-3-6-16/h1-12,14H,13H2,(H,22,24)(H,23,25). The number of anilines is 1. The van der Waals surface area contributed by atoms with Crippen molar-refractivity contribution in [3.8, 4) is 0 Å². The summed E-state index contributed by atoms with van der Waals surface area (Å²) in [5, 5.41) is 5.68. The second-order valence-electron chi connectivity index (χ2n) is 5.44. The number of aromatic nitrogens is 1. The molecule has 3 aromatic rings. The summed E-state index contributed by atoms with van der Waals surface area (Å²) in [6.07, 6.45) is 3.15. The van der Waals surface area contributed by atoms with Crippen molar-refractivity contribution < 1.29 is 9.59 Å². The van der Waals surface area contributed by atoms with Gasteiger partial charge in [0.15, 0.2) is 0 Å². The molecule has 0 atom stereocenters. The number of rotatable bonds is 5. The van der Waals surface area contributed by atoms with Crippen molar-refractivity contribution in [2.75, 3.05) is 5.32 Å². The average molecular weight is 331 g/mol. The molecule has 2 aromatic carbocycles. The van der Waals surface area contributed by atoms with E-state index in [9.17, 15) is 9.59 Å². The van der Waals surface area contributed by atoms with Gasteiger partial charge in [-0.15, -0.1) is 0 Å². The van der Waals surface area contributed by atoms with Gasteiger partial charge in [0.05, 0.1) is 5.56 Å². The van der Waals surface area contributed by atoms with Gasteiger partial charge in [0.2, 0.25) is 0 Å². The van der Waals surface area contributed by atoms with Gasteiger partial charge in [-0.25, -0.2) is 0 Å². The lowest BCUT2D eigenvalue weighted by Crippen LogP contribution is -2.22. The second-order valence-corrected chi connectivity index (χ2v) is 5.44. The first-order chi connectivity index (χ1) is 12.2. The summed E-state index contributed by atoms with van der Waals surface area (Å²) in [7, 11) is 0. The molecule has 3 rings (SSSR count). The third-order valence-corrected chi connectivity index (χ3v) is 3.62. The lowest BCUT2D eigenvalue weighted by atomic mass is 10.1. The van der Waals surface area contributed by atoms with E-state index in [1.54, 1.807) is 30.5 Å².